The average molecular weight is 359 g/mol. The van der Waals surface area contributed by atoms with Crippen LogP contribution in [0.4, 0.5) is 5.69 Å². The van der Waals surface area contributed by atoms with Crippen molar-refractivity contribution in [3.8, 4) is 0 Å². The van der Waals surface area contributed by atoms with Crippen molar-refractivity contribution < 1.29 is 14.3 Å². The van der Waals surface area contributed by atoms with Crippen molar-refractivity contribution in [3.63, 3.8) is 0 Å². The molecule has 1 atom stereocenters. The maximum Gasteiger partial charge on any atom is 0.308 e. The zero-order chi connectivity index (χ0) is 17.0. The number of carbonyl (C=O) groups is 2. The first-order valence-electron chi connectivity index (χ1n) is 7.49. The molecule has 7 heteroatoms. The summed E-state index contributed by atoms with van der Waals surface area (Å²) in [5, 5.41) is 3.77. The highest BCUT2D eigenvalue weighted by atomic mass is 35.5. The average Bonchev–Trinajstić information content (AvgIpc) is 2.52. The molecule has 23 heavy (non-hydrogen) atoms. The van der Waals surface area contributed by atoms with Crippen LogP contribution in [0.25, 0.3) is 0 Å². The summed E-state index contributed by atoms with van der Waals surface area (Å²) in [5.74, 6) is -0.367. The second-order valence-electron chi connectivity index (χ2n) is 5.66. The number of ether oxygens (including phenoxy) is 1. The molecule has 0 aliphatic carbocycles. The summed E-state index contributed by atoms with van der Waals surface area (Å²) in [6, 6.07) is 4.62. The Labute approximate surface area is 145 Å². The Morgan fingerprint density at radius 1 is 1.22 bits per heavy atom. The largest absolute Gasteiger partial charge is 0.469 e. The van der Waals surface area contributed by atoms with E-state index in [9.17, 15) is 9.59 Å². The number of nitrogens with zero attached hydrogens (tertiary/aromatic N) is 1. The lowest BCUT2D eigenvalue weighted by atomic mass is 9.96. The van der Waals surface area contributed by atoms with Crippen LogP contribution in [0.5, 0.6) is 0 Å². The molecule has 0 spiro atoms. The minimum Gasteiger partial charge on any atom is -0.469 e. The molecule has 0 bridgehead atoms. The van der Waals surface area contributed by atoms with Crippen LogP contribution >= 0.6 is 23.2 Å². The quantitative estimate of drug-likeness (QED) is 0.839. The van der Waals surface area contributed by atoms with E-state index in [1.807, 2.05) is 6.92 Å². The first kappa shape index (κ1) is 18.0. The lowest BCUT2D eigenvalue weighted by molar-refractivity contribution is -0.147. The Bertz CT molecular complexity index is 566. The van der Waals surface area contributed by atoms with Gasteiger partial charge in [-0.1, -0.05) is 23.2 Å². The van der Waals surface area contributed by atoms with E-state index >= 15 is 0 Å². The molecule has 0 unspecified atom stereocenters. The van der Waals surface area contributed by atoms with Gasteiger partial charge in [0.2, 0.25) is 5.91 Å². The number of esters is 1. The molecule has 1 aliphatic rings. The molecular formula is C16H20Cl2N2O3. The fourth-order valence-electron chi connectivity index (χ4n) is 2.73. The van der Waals surface area contributed by atoms with E-state index in [1.165, 1.54) is 7.11 Å². The van der Waals surface area contributed by atoms with Crippen molar-refractivity contribution >= 4 is 40.8 Å². The number of likely N-dealkylation sites (tertiary alicyclic amines) is 1. The van der Waals surface area contributed by atoms with Crippen molar-refractivity contribution in [2.24, 2.45) is 5.92 Å². The number of rotatable bonds is 4. The molecule has 0 radical (unpaired) electrons. The molecule has 5 nitrogen and oxygen atoms in total. The Morgan fingerprint density at radius 2 is 1.78 bits per heavy atom. The van der Waals surface area contributed by atoms with Crippen molar-refractivity contribution in [1.29, 1.82) is 0 Å². The number of piperidine rings is 1. The summed E-state index contributed by atoms with van der Waals surface area (Å²) in [4.78, 5) is 26.0. The molecule has 2 rings (SSSR count). The summed E-state index contributed by atoms with van der Waals surface area (Å²) in [7, 11) is 1.40. The van der Waals surface area contributed by atoms with Crippen LogP contribution in [0.15, 0.2) is 18.2 Å². The van der Waals surface area contributed by atoms with Crippen LogP contribution in [-0.4, -0.2) is 43.0 Å². The van der Waals surface area contributed by atoms with Gasteiger partial charge < -0.3 is 10.1 Å². The molecular weight excluding hydrogens is 339 g/mol. The Hall–Kier alpha value is -1.30. The Morgan fingerprint density at radius 3 is 2.30 bits per heavy atom. The van der Waals surface area contributed by atoms with Crippen LogP contribution < -0.4 is 5.32 Å². The van der Waals surface area contributed by atoms with Crippen LogP contribution in [0, 0.1) is 5.92 Å². The Kier molecular flexibility index (Phi) is 6.27. The third kappa shape index (κ3) is 4.83. The normalized spacial score (nSPS) is 17.6. The predicted octanol–water partition coefficient (Wildman–Crippen LogP) is 3.21. The molecule has 1 aromatic carbocycles. The molecule has 0 saturated carbocycles. The maximum absolute atomic E-state index is 12.4. The van der Waals surface area contributed by atoms with Crippen LogP contribution in [0.1, 0.15) is 19.8 Å². The topological polar surface area (TPSA) is 58.6 Å². The highest BCUT2D eigenvalue weighted by molar-refractivity contribution is 6.35. The van der Waals surface area contributed by atoms with Gasteiger partial charge in [0, 0.05) is 15.7 Å². The van der Waals surface area contributed by atoms with Crippen molar-refractivity contribution in [2.75, 3.05) is 25.5 Å². The van der Waals surface area contributed by atoms with Crippen molar-refractivity contribution in [2.45, 2.75) is 25.8 Å². The molecule has 1 N–H and O–H groups in total. The van der Waals surface area contributed by atoms with Crippen LogP contribution in [-0.2, 0) is 14.3 Å². The Balaban J connectivity index is 1.91. The third-order valence-corrected chi connectivity index (χ3v) is 4.56. The standard InChI is InChI=1S/C16H20Cl2N2O3/c1-10(20-5-3-11(4-6-20)16(22)23-2)15(21)19-14-8-12(17)7-13(18)9-14/h7-11H,3-6H2,1-2H3,(H,19,21)/t10-/m1/s1. The highest BCUT2D eigenvalue weighted by Crippen LogP contribution is 2.24. The van der Waals surface area contributed by atoms with Gasteiger partial charge in [0.1, 0.15) is 0 Å². The third-order valence-electron chi connectivity index (χ3n) is 4.12. The van der Waals surface area contributed by atoms with E-state index < -0.39 is 0 Å². The summed E-state index contributed by atoms with van der Waals surface area (Å²) in [6.45, 7) is 3.22. The van der Waals surface area contributed by atoms with Gasteiger partial charge in [0.25, 0.3) is 0 Å². The van der Waals surface area contributed by atoms with Gasteiger partial charge in [-0.15, -0.1) is 0 Å². The SMILES string of the molecule is COC(=O)C1CCN([C@H](C)C(=O)Nc2cc(Cl)cc(Cl)c2)CC1. The summed E-state index contributed by atoms with van der Waals surface area (Å²) in [6.07, 6.45) is 1.40. The second-order valence-corrected chi connectivity index (χ2v) is 6.53. The van der Waals surface area contributed by atoms with Gasteiger partial charge in [0.05, 0.1) is 19.1 Å². The summed E-state index contributed by atoms with van der Waals surface area (Å²) >= 11 is 11.9. The van der Waals surface area contributed by atoms with Crippen molar-refractivity contribution in [1.82, 2.24) is 4.90 Å². The number of benzene rings is 1. The van der Waals surface area contributed by atoms with E-state index in [0.29, 0.717) is 41.7 Å². The first-order valence-corrected chi connectivity index (χ1v) is 8.25. The number of anilines is 1. The predicted molar refractivity (Wildman–Crippen MR) is 90.9 cm³/mol. The van der Waals surface area contributed by atoms with E-state index in [0.717, 1.165) is 0 Å². The van der Waals surface area contributed by atoms with Gasteiger partial charge in [-0.05, 0) is 51.1 Å². The monoisotopic (exact) mass is 358 g/mol. The maximum atomic E-state index is 12.4. The fourth-order valence-corrected chi connectivity index (χ4v) is 3.25. The van der Waals surface area contributed by atoms with Crippen molar-refractivity contribution in [3.05, 3.63) is 28.2 Å². The zero-order valence-electron chi connectivity index (χ0n) is 13.1. The molecule has 0 aromatic heterocycles. The molecule has 126 valence electrons. The number of hydrogen-bond donors (Lipinski definition) is 1. The minimum atomic E-state index is -0.300. The number of amides is 1. The van der Waals surface area contributed by atoms with E-state index in [4.69, 9.17) is 27.9 Å². The lowest BCUT2D eigenvalue weighted by Crippen LogP contribution is -2.47. The van der Waals surface area contributed by atoms with Gasteiger partial charge >= 0.3 is 5.97 Å². The van der Waals surface area contributed by atoms with Crippen LogP contribution in [0.2, 0.25) is 10.0 Å². The minimum absolute atomic E-state index is 0.0711. The number of methoxy groups -OCH3 is 1. The number of carbonyl (C=O) groups excluding carboxylic acids is 2. The van der Waals surface area contributed by atoms with E-state index in [2.05, 4.69) is 10.2 Å². The molecule has 1 saturated heterocycles. The molecule has 1 heterocycles. The molecule has 1 fully saturated rings. The molecule has 1 aromatic rings. The lowest BCUT2D eigenvalue weighted by Gasteiger charge is -2.34. The van der Waals surface area contributed by atoms with Crippen LogP contribution in [0.3, 0.4) is 0 Å². The second kappa shape index (κ2) is 7.99. The number of halogens is 2. The number of hydrogen-bond acceptors (Lipinski definition) is 4. The number of nitrogens with one attached hydrogen (secondary N) is 1. The smallest absolute Gasteiger partial charge is 0.308 e. The van der Waals surface area contributed by atoms with Gasteiger partial charge in [0.15, 0.2) is 0 Å². The first-order chi connectivity index (χ1) is 10.9. The van der Waals surface area contributed by atoms with Gasteiger partial charge in [-0.25, -0.2) is 0 Å². The summed E-state index contributed by atoms with van der Waals surface area (Å²) in [5.41, 5.74) is 0.573. The van der Waals surface area contributed by atoms with E-state index in [1.54, 1.807) is 18.2 Å². The zero-order valence-corrected chi connectivity index (χ0v) is 14.7. The molecule has 1 aliphatic heterocycles. The molecule has 1 amide bonds. The fraction of sp³-hybridized carbons (Fsp3) is 0.500. The summed E-state index contributed by atoms with van der Waals surface area (Å²) < 4.78 is 4.77. The van der Waals surface area contributed by atoms with Gasteiger partial charge in [-0.2, -0.15) is 0 Å². The van der Waals surface area contributed by atoms with Gasteiger partial charge in [-0.3, -0.25) is 14.5 Å². The van der Waals surface area contributed by atoms with E-state index in [-0.39, 0.29) is 23.8 Å². The highest BCUT2D eigenvalue weighted by Gasteiger charge is 2.30.